The number of carbonyl (C=O) groups excluding carboxylic acids is 1. The quantitative estimate of drug-likeness (QED) is 0.637. The fourth-order valence-corrected chi connectivity index (χ4v) is 1.33. The van der Waals surface area contributed by atoms with Crippen LogP contribution >= 0.6 is 0 Å². The summed E-state index contributed by atoms with van der Waals surface area (Å²) in [5.74, 6) is -0.418. The molecule has 0 atom stereocenters. The predicted molar refractivity (Wildman–Crippen MR) is 69.1 cm³/mol. The average molecular weight is 267 g/mol. The molecule has 0 unspecified atom stereocenters. The first-order valence-electron chi connectivity index (χ1n) is 5.74. The number of nitrogens with one attached hydrogen (secondary N) is 2. The highest BCUT2D eigenvalue weighted by Crippen LogP contribution is 2.08. The Hall–Kier alpha value is -2.15. The molecular weight excluding hydrogens is 250 g/mol. The predicted octanol–water partition coefficient (Wildman–Crippen LogP) is 1.06. The van der Waals surface area contributed by atoms with Gasteiger partial charge in [-0.3, -0.25) is 15.1 Å². The van der Waals surface area contributed by atoms with Crippen molar-refractivity contribution in [3.63, 3.8) is 0 Å². The van der Waals surface area contributed by atoms with E-state index >= 15 is 0 Å². The number of carbonyl (C=O) groups is 2. The van der Waals surface area contributed by atoms with Crippen LogP contribution in [0.1, 0.15) is 30.8 Å². The van der Waals surface area contributed by atoms with E-state index in [0.717, 1.165) is 0 Å². The number of rotatable bonds is 5. The summed E-state index contributed by atoms with van der Waals surface area (Å²) in [6.07, 6.45) is 0.543. The van der Waals surface area contributed by atoms with Gasteiger partial charge in [0.25, 0.3) is 5.91 Å². The monoisotopic (exact) mass is 267 g/mol. The number of nitrogens with zero attached hydrogens (tertiary/aromatic N) is 1. The summed E-state index contributed by atoms with van der Waals surface area (Å²) >= 11 is 0. The maximum Gasteiger partial charge on any atom is 0.409 e. The Kier molecular flexibility index (Phi) is 4.82. The lowest BCUT2D eigenvalue weighted by Gasteiger charge is -2.16. The van der Waals surface area contributed by atoms with Crippen LogP contribution in [-0.4, -0.2) is 39.3 Å². The molecule has 7 heteroatoms. The zero-order chi connectivity index (χ0) is 14.5. The second-order valence-corrected chi connectivity index (χ2v) is 4.68. The first kappa shape index (κ1) is 14.9. The van der Waals surface area contributed by atoms with Gasteiger partial charge in [-0.15, -0.1) is 0 Å². The van der Waals surface area contributed by atoms with Crippen molar-refractivity contribution in [1.82, 2.24) is 10.3 Å². The standard InChI is InChI=1S/C12H17N3O4/c1-12(2,19)4-6-14-10(16)9-7-8(3-5-13-9)15-11(17)18/h3,5,7,19H,4,6H2,1-2H3,(H,13,15)(H,14,16)(H,17,18). The highest BCUT2D eigenvalue weighted by Gasteiger charge is 2.14. The molecule has 1 aromatic heterocycles. The minimum atomic E-state index is -1.21. The van der Waals surface area contributed by atoms with E-state index in [1.165, 1.54) is 18.3 Å². The van der Waals surface area contributed by atoms with Crippen molar-refractivity contribution < 1.29 is 19.8 Å². The normalized spacial score (nSPS) is 10.9. The van der Waals surface area contributed by atoms with E-state index < -0.39 is 17.6 Å². The van der Waals surface area contributed by atoms with E-state index in [9.17, 15) is 14.7 Å². The Bertz CT molecular complexity index is 468. The molecule has 0 spiro atoms. The van der Waals surface area contributed by atoms with Gasteiger partial charge in [0, 0.05) is 18.4 Å². The topological polar surface area (TPSA) is 112 Å². The number of carboxylic acid groups (broad SMARTS) is 1. The maximum absolute atomic E-state index is 11.7. The zero-order valence-electron chi connectivity index (χ0n) is 10.8. The van der Waals surface area contributed by atoms with Gasteiger partial charge < -0.3 is 15.5 Å². The fraction of sp³-hybridized carbons (Fsp3) is 0.417. The van der Waals surface area contributed by atoms with Crippen molar-refractivity contribution in [3.8, 4) is 0 Å². The Morgan fingerprint density at radius 1 is 1.42 bits per heavy atom. The first-order valence-corrected chi connectivity index (χ1v) is 5.74. The molecule has 0 saturated carbocycles. The molecule has 2 amide bonds. The Morgan fingerprint density at radius 2 is 2.11 bits per heavy atom. The second kappa shape index (κ2) is 6.14. The number of hydrogen-bond acceptors (Lipinski definition) is 4. The summed E-state index contributed by atoms with van der Waals surface area (Å²) in [6.45, 7) is 3.60. The van der Waals surface area contributed by atoms with Crippen molar-refractivity contribution in [2.45, 2.75) is 25.9 Å². The van der Waals surface area contributed by atoms with Crippen molar-refractivity contribution in [2.75, 3.05) is 11.9 Å². The Morgan fingerprint density at radius 3 is 2.68 bits per heavy atom. The van der Waals surface area contributed by atoms with Crippen LogP contribution in [-0.2, 0) is 0 Å². The fourth-order valence-electron chi connectivity index (χ4n) is 1.33. The maximum atomic E-state index is 11.7. The van der Waals surface area contributed by atoms with E-state index in [2.05, 4.69) is 15.6 Å². The van der Waals surface area contributed by atoms with Gasteiger partial charge in [0.2, 0.25) is 0 Å². The molecule has 0 saturated heterocycles. The Balaban J connectivity index is 2.59. The van der Waals surface area contributed by atoms with Crippen molar-refractivity contribution in [2.24, 2.45) is 0 Å². The molecule has 4 N–H and O–H groups in total. The van der Waals surface area contributed by atoms with Gasteiger partial charge in [0.15, 0.2) is 0 Å². The molecular formula is C12H17N3O4. The van der Waals surface area contributed by atoms with Crippen LogP contribution in [0.2, 0.25) is 0 Å². The zero-order valence-corrected chi connectivity index (χ0v) is 10.8. The number of amides is 2. The van der Waals surface area contributed by atoms with E-state index in [-0.39, 0.29) is 11.4 Å². The van der Waals surface area contributed by atoms with Gasteiger partial charge in [-0.2, -0.15) is 0 Å². The van der Waals surface area contributed by atoms with Gasteiger partial charge in [-0.05, 0) is 32.4 Å². The molecule has 1 aromatic rings. The van der Waals surface area contributed by atoms with E-state index in [1.54, 1.807) is 13.8 Å². The largest absolute Gasteiger partial charge is 0.465 e. The van der Waals surface area contributed by atoms with Crippen LogP contribution in [0.25, 0.3) is 0 Å². The van der Waals surface area contributed by atoms with Gasteiger partial charge in [-0.1, -0.05) is 0 Å². The van der Waals surface area contributed by atoms with Gasteiger partial charge in [0.05, 0.1) is 5.60 Å². The van der Waals surface area contributed by atoms with Crippen molar-refractivity contribution in [3.05, 3.63) is 24.0 Å². The molecule has 0 radical (unpaired) electrons. The van der Waals surface area contributed by atoms with Crippen molar-refractivity contribution in [1.29, 1.82) is 0 Å². The lowest BCUT2D eigenvalue weighted by atomic mass is 10.1. The third-order valence-electron chi connectivity index (χ3n) is 2.27. The molecule has 0 fully saturated rings. The molecule has 0 bridgehead atoms. The summed E-state index contributed by atoms with van der Waals surface area (Å²) in [6, 6.07) is 2.79. The number of aliphatic hydroxyl groups is 1. The first-order chi connectivity index (χ1) is 8.78. The van der Waals surface area contributed by atoms with Crippen molar-refractivity contribution >= 4 is 17.7 Å². The summed E-state index contributed by atoms with van der Waals surface area (Å²) < 4.78 is 0. The van der Waals surface area contributed by atoms with E-state index in [4.69, 9.17) is 5.11 Å². The molecule has 0 aromatic carbocycles. The molecule has 0 aliphatic carbocycles. The molecule has 0 aliphatic heterocycles. The van der Waals surface area contributed by atoms with Crippen LogP contribution in [0.4, 0.5) is 10.5 Å². The SMILES string of the molecule is CC(C)(O)CCNC(=O)c1cc(NC(=O)O)ccn1. The molecule has 1 heterocycles. The summed E-state index contributed by atoms with van der Waals surface area (Å²) in [4.78, 5) is 26.1. The molecule has 0 aliphatic rings. The number of anilines is 1. The van der Waals surface area contributed by atoms with Crippen LogP contribution in [0, 0.1) is 0 Å². The van der Waals surface area contributed by atoms with E-state index in [1.807, 2.05) is 0 Å². The average Bonchev–Trinajstić information content (AvgIpc) is 2.26. The smallest absolute Gasteiger partial charge is 0.409 e. The summed E-state index contributed by atoms with van der Waals surface area (Å²) in [5, 5.41) is 22.8. The lowest BCUT2D eigenvalue weighted by Crippen LogP contribution is -2.31. The minimum absolute atomic E-state index is 0.113. The van der Waals surface area contributed by atoms with Crippen LogP contribution < -0.4 is 10.6 Å². The Labute approximate surface area is 110 Å². The second-order valence-electron chi connectivity index (χ2n) is 4.68. The summed E-state index contributed by atoms with van der Waals surface area (Å²) in [7, 11) is 0. The molecule has 1 rings (SSSR count). The highest BCUT2D eigenvalue weighted by atomic mass is 16.4. The van der Waals surface area contributed by atoms with Gasteiger partial charge in [-0.25, -0.2) is 4.79 Å². The number of aromatic nitrogens is 1. The third-order valence-corrected chi connectivity index (χ3v) is 2.27. The third kappa shape index (κ3) is 5.82. The minimum Gasteiger partial charge on any atom is -0.465 e. The lowest BCUT2D eigenvalue weighted by molar-refractivity contribution is 0.0692. The van der Waals surface area contributed by atoms with E-state index in [0.29, 0.717) is 13.0 Å². The van der Waals surface area contributed by atoms with Crippen LogP contribution in [0.5, 0.6) is 0 Å². The van der Waals surface area contributed by atoms with Gasteiger partial charge >= 0.3 is 6.09 Å². The highest BCUT2D eigenvalue weighted by molar-refractivity contribution is 5.94. The number of hydrogen-bond donors (Lipinski definition) is 4. The summed E-state index contributed by atoms with van der Waals surface area (Å²) in [5.41, 5.74) is -0.468. The molecule has 7 nitrogen and oxygen atoms in total. The van der Waals surface area contributed by atoms with Gasteiger partial charge in [0.1, 0.15) is 5.69 Å². The molecule has 19 heavy (non-hydrogen) atoms. The van der Waals surface area contributed by atoms with Crippen LogP contribution in [0.15, 0.2) is 18.3 Å². The molecule has 104 valence electrons. The number of pyridine rings is 1. The van der Waals surface area contributed by atoms with Crippen LogP contribution in [0.3, 0.4) is 0 Å².